The highest BCUT2D eigenvalue weighted by Crippen LogP contribution is 2.21. The van der Waals surface area contributed by atoms with Crippen LogP contribution in [0.25, 0.3) is 0 Å². The summed E-state index contributed by atoms with van der Waals surface area (Å²) in [7, 11) is 1.88. The molecule has 10 nitrogen and oxygen atoms in total. The summed E-state index contributed by atoms with van der Waals surface area (Å²) in [5.41, 5.74) is 2.44. The van der Waals surface area contributed by atoms with Crippen LogP contribution in [0.5, 0.6) is 0 Å². The highest BCUT2D eigenvalue weighted by atomic mass is 16.5. The van der Waals surface area contributed by atoms with Crippen LogP contribution < -0.4 is 9.80 Å². The number of amides is 1. The molecule has 0 N–H and O–H groups in total. The van der Waals surface area contributed by atoms with Crippen molar-refractivity contribution >= 4 is 17.5 Å². The fraction of sp³-hybridized carbons (Fsp3) is 0.667. The third-order valence-corrected chi connectivity index (χ3v) is 7.43. The Bertz CT molecular complexity index is 985. The lowest BCUT2D eigenvalue weighted by atomic mass is 10.1. The molecule has 2 aromatic rings. The van der Waals surface area contributed by atoms with Gasteiger partial charge in [-0.05, 0) is 38.8 Å². The highest BCUT2D eigenvalue weighted by Gasteiger charge is 2.27. The molecule has 3 aliphatic rings. The van der Waals surface area contributed by atoms with Crippen molar-refractivity contribution in [3.8, 4) is 0 Å². The van der Waals surface area contributed by atoms with Gasteiger partial charge in [0.15, 0.2) is 11.6 Å². The Hall–Kier alpha value is -2.72. The van der Waals surface area contributed by atoms with Crippen LogP contribution in [0, 0.1) is 13.8 Å². The van der Waals surface area contributed by atoms with Gasteiger partial charge in [0.1, 0.15) is 0 Å². The first-order chi connectivity index (χ1) is 16.5. The van der Waals surface area contributed by atoms with Gasteiger partial charge in [-0.3, -0.25) is 14.4 Å². The number of hydrogen-bond acceptors (Lipinski definition) is 8. The third kappa shape index (κ3) is 4.74. The highest BCUT2D eigenvalue weighted by molar-refractivity contribution is 5.96. The van der Waals surface area contributed by atoms with E-state index in [2.05, 4.69) is 42.1 Å². The largest absolute Gasteiger partial charge is 0.377 e. The fourth-order valence-corrected chi connectivity index (χ4v) is 5.27. The molecule has 3 aliphatic heterocycles. The first kappa shape index (κ1) is 23.0. The second-order valence-corrected chi connectivity index (χ2v) is 9.62. The number of carbonyl (C=O) groups is 1. The van der Waals surface area contributed by atoms with Gasteiger partial charge in [0, 0.05) is 78.3 Å². The molecular formula is C24H36N8O2. The fourth-order valence-electron chi connectivity index (χ4n) is 5.27. The lowest BCUT2D eigenvalue weighted by Crippen LogP contribution is -2.49. The molecule has 3 saturated heterocycles. The number of hydrogen-bond donors (Lipinski definition) is 0. The van der Waals surface area contributed by atoms with Crippen LogP contribution in [-0.4, -0.2) is 107 Å². The van der Waals surface area contributed by atoms with Gasteiger partial charge < -0.3 is 19.4 Å². The van der Waals surface area contributed by atoms with Crippen molar-refractivity contribution in [1.29, 1.82) is 0 Å². The number of anilines is 2. The molecule has 0 radical (unpaired) electrons. The Kier molecular flexibility index (Phi) is 6.69. The molecule has 1 unspecified atom stereocenters. The number of rotatable bonds is 5. The zero-order valence-electron chi connectivity index (χ0n) is 20.6. The normalized spacial score (nSPS) is 22.0. The minimum Gasteiger partial charge on any atom is -0.377 e. The van der Waals surface area contributed by atoms with E-state index in [1.54, 1.807) is 4.68 Å². The summed E-state index contributed by atoms with van der Waals surface area (Å²) >= 11 is 0. The number of nitrogens with zero attached hydrogens (tertiary/aromatic N) is 8. The topological polar surface area (TPSA) is 82.9 Å². The molecule has 0 bridgehead atoms. The molecule has 10 heteroatoms. The lowest BCUT2D eigenvalue weighted by molar-refractivity contribution is 0.0712. The zero-order valence-corrected chi connectivity index (χ0v) is 20.6. The van der Waals surface area contributed by atoms with Crippen LogP contribution >= 0.6 is 0 Å². The maximum absolute atomic E-state index is 13.0. The van der Waals surface area contributed by atoms with E-state index < -0.39 is 0 Å². The molecule has 0 saturated carbocycles. The molecule has 0 aliphatic carbocycles. The molecule has 184 valence electrons. The summed E-state index contributed by atoms with van der Waals surface area (Å²) in [6.45, 7) is 12.7. The first-order valence-corrected chi connectivity index (χ1v) is 12.5. The number of piperazine rings is 2. The Labute approximate surface area is 201 Å². The molecule has 0 spiro atoms. The monoisotopic (exact) mass is 468 g/mol. The summed E-state index contributed by atoms with van der Waals surface area (Å²) in [5.74, 6) is 1.89. The Morgan fingerprint density at radius 1 is 0.971 bits per heavy atom. The molecule has 0 aromatic carbocycles. The predicted octanol–water partition coefficient (Wildman–Crippen LogP) is 1.09. The average molecular weight is 469 g/mol. The lowest BCUT2D eigenvalue weighted by Gasteiger charge is -2.37. The van der Waals surface area contributed by atoms with Crippen molar-refractivity contribution in [1.82, 2.24) is 29.8 Å². The van der Waals surface area contributed by atoms with Crippen LogP contribution in [0.3, 0.4) is 0 Å². The minimum atomic E-state index is 0.0721. The molecule has 1 atom stereocenters. The Balaban J connectivity index is 1.12. The maximum atomic E-state index is 13.0. The minimum absolute atomic E-state index is 0.0721. The van der Waals surface area contributed by atoms with Gasteiger partial charge in [0.05, 0.1) is 17.4 Å². The number of aromatic nitrogens is 4. The Morgan fingerprint density at radius 3 is 2.09 bits per heavy atom. The van der Waals surface area contributed by atoms with Crippen molar-refractivity contribution < 1.29 is 9.53 Å². The number of carbonyl (C=O) groups excluding carboxylic acids is 1. The van der Waals surface area contributed by atoms with Crippen LogP contribution in [0.1, 0.15) is 34.6 Å². The van der Waals surface area contributed by atoms with Gasteiger partial charge in [-0.2, -0.15) is 5.10 Å². The van der Waals surface area contributed by atoms with Gasteiger partial charge in [-0.25, -0.2) is 0 Å². The van der Waals surface area contributed by atoms with Crippen molar-refractivity contribution in [3.63, 3.8) is 0 Å². The second kappa shape index (κ2) is 9.87. The quantitative estimate of drug-likeness (QED) is 0.645. The van der Waals surface area contributed by atoms with Crippen LogP contribution in [0.15, 0.2) is 12.1 Å². The Morgan fingerprint density at radius 2 is 1.59 bits per heavy atom. The smallest absolute Gasteiger partial charge is 0.257 e. The molecule has 5 rings (SSSR count). The van der Waals surface area contributed by atoms with E-state index in [0.29, 0.717) is 19.2 Å². The number of ether oxygens (including phenoxy) is 1. The maximum Gasteiger partial charge on any atom is 0.257 e. The van der Waals surface area contributed by atoms with Crippen molar-refractivity contribution in [2.45, 2.75) is 32.8 Å². The van der Waals surface area contributed by atoms with E-state index in [9.17, 15) is 4.79 Å². The molecular weight excluding hydrogens is 432 g/mol. The predicted molar refractivity (Wildman–Crippen MR) is 130 cm³/mol. The van der Waals surface area contributed by atoms with E-state index >= 15 is 0 Å². The summed E-state index contributed by atoms with van der Waals surface area (Å²) in [6.07, 6.45) is 2.80. The SMILES string of the molecule is Cc1nn(C)c(C)c1C(=O)N1CCN(c2ccc(N3CCN(CC4CCCO4)CC3)nn2)CC1. The summed E-state index contributed by atoms with van der Waals surface area (Å²) in [5, 5.41) is 13.4. The van der Waals surface area contributed by atoms with Gasteiger partial charge in [0.2, 0.25) is 0 Å². The average Bonchev–Trinajstić information content (AvgIpc) is 3.46. The van der Waals surface area contributed by atoms with Crippen molar-refractivity contribution in [2.75, 3.05) is 75.3 Å². The summed E-state index contributed by atoms with van der Waals surface area (Å²) < 4.78 is 7.56. The first-order valence-electron chi connectivity index (χ1n) is 12.5. The van der Waals surface area contributed by atoms with E-state index in [1.807, 2.05) is 25.8 Å². The van der Waals surface area contributed by atoms with Crippen LogP contribution in [0.4, 0.5) is 11.6 Å². The third-order valence-electron chi connectivity index (χ3n) is 7.43. The van der Waals surface area contributed by atoms with Gasteiger partial charge >= 0.3 is 0 Å². The molecule has 5 heterocycles. The number of aryl methyl sites for hydroxylation is 2. The van der Waals surface area contributed by atoms with Gasteiger partial charge in [-0.1, -0.05) is 0 Å². The molecule has 3 fully saturated rings. The van der Waals surface area contributed by atoms with E-state index in [1.165, 1.54) is 12.8 Å². The summed E-state index contributed by atoms with van der Waals surface area (Å²) in [4.78, 5) is 22.0. The molecule has 34 heavy (non-hydrogen) atoms. The van der Waals surface area contributed by atoms with Crippen LogP contribution in [-0.2, 0) is 11.8 Å². The summed E-state index contributed by atoms with van der Waals surface area (Å²) in [6, 6.07) is 4.14. The standard InChI is InChI=1S/C24H36N8O2/c1-18-23(19(2)28(3)27-18)24(33)32-14-12-31(13-15-32)22-7-6-21(25-26-22)30-10-8-29(9-11-30)17-20-5-4-16-34-20/h6-7,20H,4-5,8-17H2,1-3H3. The molecule has 1 amide bonds. The van der Waals surface area contributed by atoms with E-state index in [-0.39, 0.29) is 5.91 Å². The van der Waals surface area contributed by atoms with Gasteiger partial charge in [0.25, 0.3) is 5.91 Å². The van der Waals surface area contributed by atoms with E-state index in [0.717, 1.165) is 81.0 Å². The zero-order chi connectivity index (χ0) is 23.7. The van der Waals surface area contributed by atoms with Crippen molar-refractivity contribution in [3.05, 3.63) is 29.1 Å². The van der Waals surface area contributed by atoms with Crippen molar-refractivity contribution in [2.24, 2.45) is 7.05 Å². The second-order valence-electron chi connectivity index (χ2n) is 9.62. The van der Waals surface area contributed by atoms with Gasteiger partial charge in [-0.15, -0.1) is 10.2 Å². The van der Waals surface area contributed by atoms with Crippen LogP contribution in [0.2, 0.25) is 0 Å². The van der Waals surface area contributed by atoms with E-state index in [4.69, 9.17) is 4.74 Å². The molecule has 2 aromatic heterocycles.